The van der Waals surface area contributed by atoms with E-state index in [-0.39, 0.29) is 0 Å². The molecule has 2 aromatic rings. The highest BCUT2D eigenvalue weighted by Crippen LogP contribution is 2.35. The first-order valence-corrected chi connectivity index (χ1v) is 17.2. The number of rotatable bonds is 12. The van der Waals surface area contributed by atoms with Crippen LogP contribution in [0.5, 0.6) is 0 Å². The van der Waals surface area contributed by atoms with E-state index in [9.17, 15) is 29.4 Å². The van der Waals surface area contributed by atoms with Crippen LogP contribution in [-0.2, 0) is 19.2 Å². The van der Waals surface area contributed by atoms with Gasteiger partial charge in [0.2, 0.25) is 0 Å². The molecule has 2 unspecified atom stereocenters. The molecule has 0 radical (unpaired) electrons. The van der Waals surface area contributed by atoms with Gasteiger partial charge in [0, 0.05) is 63.6 Å². The number of carboxylic acids is 4. The summed E-state index contributed by atoms with van der Waals surface area (Å²) in [5.74, 6) is -3.58. The Hall–Kier alpha value is -4.36. The molecule has 12 nitrogen and oxygen atoms in total. The van der Waals surface area contributed by atoms with Crippen molar-refractivity contribution in [2.24, 2.45) is 0 Å². The number of benzene rings is 2. The first kappa shape index (κ1) is 40.1. The molecular weight excluding hydrogens is 644 g/mol. The molecule has 1 heterocycles. The maximum atomic E-state index is 10.8. The molecule has 2 aromatic carbocycles. The van der Waals surface area contributed by atoms with Crippen molar-refractivity contribution >= 4 is 23.9 Å². The fourth-order valence-corrected chi connectivity index (χ4v) is 6.64. The first-order valence-electron chi connectivity index (χ1n) is 17.2. The SMILES string of the molecule is O=C(O)/C=C\C(=O)O.O=C(O)/C=C\C(=O)O.OC(CN1CCN(CC(O)c2ccc(C3CCCC3)cc2)CC1)c1ccc(C2CCCC2)cc1. The van der Waals surface area contributed by atoms with Crippen molar-refractivity contribution in [3.63, 3.8) is 0 Å². The van der Waals surface area contributed by atoms with E-state index in [0.29, 0.717) is 37.4 Å². The lowest BCUT2D eigenvalue weighted by Gasteiger charge is -2.36. The van der Waals surface area contributed by atoms with Crippen LogP contribution in [0.1, 0.15) is 97.7 Å². The van der Waals surface area contributed by atoms with Crippen molar-refractivity contribution in [1.82, 2.24) is 9.80 Å². The summed E-state index contributed by atoms with van der Waals surface area (Å²) >= 11 is 0. The molecule has 1 saturated heterocycles. The molecular formula is C38H50N2O10. The number of aliphatic carboxylic acids is 4. The van der Waals surface area contributed by atoms with Crippen molar-refractivity contribution in [2.45, 2.75) is 75.4 Å². The fraction of sp³-hybridized carbons (Fsp3) is 0.474. The van der Waals surface area contributed by atoms with Gasteiger partial charge in [0.25, 0.3) is 0 Å². The van der Waals surface area contributed by atoms with E-state index in [1.165, 1.54) is 62.5 Å². The zero-order chi connectivity index (χ0) is 36.5. The quantitative estimate of drug-likeness (QED) is 0.166. The lowest BCUT2D eigenvalue weighted by molar-refractivity contribution is -0.134. The van der Waals surface area contributed by atoms with Crippen molar-refractivity contribution in [2.75, 3.05) is 39.3 Å². The average Bonchev–Trinajstić information content (AvgIpc) is 3.84. The van der Waals surface area contributed by atoms with E-state index < -0.39 is 36.1 Å². The van der Waals surface area contributed by atoms with E-state index in [0.717, 1.165) is 49.1 Å². The largest absolute Gasteiger partial charge is 0.478 e. The van der Waals surface area contributed by atoms with Gasteiger partial charge in [-0.2, -0.15) is 0 Å². The molecule has 0 spiro atoms. The number of β-amino-alcohol motifs (C(OH)–C–C–N with tert-alkyl or cyclic N) is 2. The molecule has 2 saturated carbocycles. The first-order chi connectivity index (χ1) is 23.9. The minimum Gasteiger partial charge on any atom is -0.478 e. The Balaban J connectivity index is 0.000000352. The summed E-state index contributed by atoms with van der Waals surface area (Å²) in [6.45, 7) is 5.10. The third-order valence-electron chi connectivity index (χ3n) is 9.36. The number of carboxylic acid groups (broad SMARTS) is 4. The Morgan fingerprint density at radius 2 is 0.780 bits per heavy atom. The third kappa shape index (κ3) is 14.6. The second-order valence-electron chi connectivity index (χ2n) is 12.9. The molecule has 3 fully saturated rings. The van der Waals surface area contributed by atoms with Crippen LogP contribution in [0.4, 0.5) is 0 Å². The summed E-state index contributed by atoms with van der Waals surface area (Å²) in [7, 11) is 0. The maximum Gasteiger partial charge on any atom is 0.328 e. The highest BCUT2D eigenvalue weighted by molar-refractivity contribution is 5.90. The summed E-state index contributed by atoms with van der Waals surface area (Å²) in [4.78, 5) is 42.9. The van der Waals surface area contributed by atoms with Crippen LogP contribution in [0.3, 0.4) is 0 Å². The number of aliphatic hydroxyl groups excluding tert-OH is 2. The number of hydrogen-bond acceptors (Lipinski definition) is 8. The Morgan fingerprint density at radius 1 is 0.520 bits per heavy atom. The van der Waals surface area contributed by atoms with E-state index in [2.05, 4.69) is 58.3 Å². The van der Waals surface area contributed by atoms with E-state index in [1.807, 2.05) is 0 Å². The van der Waals surface area contributed by atoms with Gasteiger partial charge in [-0.1, -0.05) is 74.2 Å². The van der Waals surface area contributed by atoms with Gasteiger partial charge in [-0.15, -0.1) is 0 Å². The topological polar surface area (TPSA) is 196 Å². The lowest BCUT2D eigenvalue weighted by Crippen LogP contribution is -2.48. The molecule has 0 aromatic heterocycles. The molecule has 2 aliphatic carbocycles. The number of aliphatic hydroxyl groups is 2. The van der Waals surface area contributed by atoms with Gasteiger partial charge in [-0.3, -0.25) is 9.80 Å². The highest BCUT2D eigenvalue weighted by atomic mass is 16.4. The second kappa shape index (κ2) is 21.0. The summed E-state index contributed by atoms with van der Waals surface area (Å²) in [5, 5.41) is 52.8. The third-order valence-corrected chi connectivity index (χ3v) is 9.36. The molecule has 0 amide bonds. The summed E-state index contributed by atoms with van der Waals surface area (Å²) in [6.07, 6.45) is 12.0. The van der Waals surface area contributed by atoms with Gasteiger partial charge in [0.05, 0.1) is 12.2 Å². The summed E-state index contributed by atoms with van der Waals surface area (Å²) in [6, 6.07) is 17.4. The Kier molecular flexibility index (Phi) is 16.8. The maximum absolute atomic E-state index is 10.8. The molecule has 50 heavy (non-hydrogen) atoms. The minimum atomic E-state index is -1.26. The number of hydrogen-bond donors (Lipinski definition) is 6. The van der Waals surface area contributed by atoms with Crippen LogP contribution in [0.2, 0.25) is 0 Å². The minimum absolute atomic E-state index is 0.437. The van der Waals surface area contributed by atoms with E-state index in [4.69, 9.17) is 20.4 Å². The molecule has 1 aliphatic heterocycles. The van der Waals surface area contributed by atoms with Crippen molar-refractivity contribution in [3.05, 3.63) is 95.1 Å². The molecule has 5 rings (SSSR count). The summed E-state index contributed by atoms with van der Waals surface area (Å²) < 4.78 is 0. The zero-order valence-corrected chi connectivity index (χ0v) is 28.3. The van der Waals surface area contributed by atoms with Crippen LogP contribution < -0.4 is 0 Å². The van der Waals surface area contributed by atoms with Gasteiger partial charge in [-0.25, -0.2) is 19.2 Å². The molecule has 2 atom stereocenters. The predicted octanol–water partition coefficient (Wildman–Crippen LogP) is 4.81. The van der Waals surface area contributed by atoms with Crippen molar-refractivity contribution in [1.29, 1.82) is 0 Å². The van der Waals surface area contributed by atoms with Gasteiger partial charge >= 0.3 is 23.9 Å². The predicted molar refractivity (Wildman–Crippen MR) is 187 cm³/mol. The van der Waals surface area contributed by atoms with E-state index in [1.54, 1.807) is 0 Å². The second-order valence-corrected chi connectivity index (χ2v) is 12.9. The Morgan fingerprint density at radius 3 is 1.02 bits per heavy atom. The van der Waals surface area contributed by atoms with Crippen LogP contribution in [0.25, 0.3) is 0 Å². The smallest absolute Gasteiger partial charge is 0.328 e. The number of piperazine rings is 1. The number of nitrogens with zero attached hydrogens (tertiary/aromatic N) is 2. The average molecular weight is 695 g/mol. The van der Waals surface area contributed by atoms with Gasteiger partial charge in [-0.05, 0) is 59.8 Å². The Labute approximate surface area is 293 Å². The van der Waals surface area contributed by atoms with Crippen LogP contribution in [0, 0.1) is 0 Å². The van der Waals surface area contributed by atoms with Crippen molar-refractivity contribution in [3.8, 4) is 0 Å². The molecule has 3 aliphatic rings. The molecule has 0 bridgehead atoms. The van der Waals surface area contributed by atoms with Crippen LogP contribution >= 0.6 is 0 Å². The monoisotopic (exact) mass is 694 g/mol. The lowest BCUT2D eigenvalue weighted by atomic mass is 9.95. The fourth-order valence-electron chi connectivity index (χ4n) is 6.64. The van der Waals surface area contributed by atoms with Gasteiger partial charge in [0.1, 0.15) is 0 Å². The molecule has 12 heteroatoms. The Bertz CT molecular complexity index is 1280. The number of carbonyl (C=O) groups is 4. The summed E-state index contributed by atoms with van der Waals surface area (Å²) in [5.41, 5.74) is 4.93. The van der Waals surface area contributed by atoms with Gasteiger partial charge < -0.3 is 30.6 Å². The van der Waals surface area contributed by atoms with E-state index >= 15 is 0 Å². The normalized spacial score (nSPS) is 18.6. The van der Waals surface area contributed by atoms with Crippen LogP contribution in [-0.4, -0.2) is 104 Å². The highest BCUT2D eigenvalue weighted by Gasteiger charge is 2.23. The zero-order valence-electron chi connectivity index (χ0n) is 28.3. The van der Waals surface area contributed by atoms with Crippen molar-refractivity contribution < 1.29 is 49.8 Å². The molecule has 272 valence electrons. The van der Waals surface area contributed by atoms with Crippen LogP contribution in [0.15, 0.2) is 72.8 Å². The van der Waals surface area contributed by atoms with Gasteiger partial charge in [0.15, 0.2) is 0 Å². The molecule has 6 N–H and O–H groups in total. The standard InChI is InChI=1S/C30H42N2O2.2C4H4O4/c33-29(27-13-9-25(10-14-27)23-5-1-2-6-23)21-31-17-19-32(20-18-31)22-30(34)28-15-11-26(12-16-28)24-7-3-4-8-24;2*5-3(6)1-2-4(7)8/h9-16,23-24,29-30,33-34H,1-8,17-22H2;2*1-2H,(H,5,6)(H,7,8)/b;2*2-1-.